The van der Waals surface area contributed by atoms with E-state index < -0.39 is 6.04 Å². The fourth-order valence-electron chi connectivity index (χ4n) is 2.54. The lowest BCUT2D eigenvalue weighted by Crippen LogP contribution is -2.44. The van der Waals surface area contributed by atoms with E-state index >= 15 is 0 Å². The molecular formula is C16H24BrClN2O. The average Bonchev–Trinajstić information content (AvgIpc) is 3.16. The van der Waals surface area contributed by atoms with Gasteiger partial charge in [0, 0.05) is 16.4 Å². The maximum absolute atomic E-state index is 12.0. The summed E-state index contributed by atoms with van der Waals surface area (Å²) in [6.07, 6.45) is 2.99. The molecule has 2 rings (SSSR count). The molecule has 0 heterocycles. The van der Waals surface area contributed by atoms with Crippen LogP contribution in [0.4, 0.5) is 0 Å². The highest BCUT2D eigenvalue weighted by atomic mass is 79.9. The third-order valence-corrected chi connectivity index (χ3v) is 4.45. The molecule has 1 atom stereocenters. The van der Waals surface area contributed by atoms with Crippen molar-refractivity contribution >= 4 is 34.2 Å². The fourth-order valence-corrected chi connectivity index (χ4v) is 2.94. The van der Waals surface area contributed by atoms with Crippen LogP contribution >= 0.6 is 28.3 Å². The van der Waals surface area contributed by atoms with Gasteiger partial charge in [-0.1, -0.05) is 41.9 Å². The van der Waals surface area contributed by atoms with Crippen LogP contribution in [0.1, 0.15) is 38.7 Å². The smallest absolute Gasteiger partial charge is 0.236 e. The summed E-state index contributed by atoms with van der Waals surface area (Å²) in [5, 5.41) is 3.03. The van der Waals surface area contributed by atoms with Gasteiger partial charge in [-0.2, -0.15) is 0 Å². The van der Waals surface area contributed by atoms with Gasteiger partial charge in [-0.3, -0.25) is 4.79 Å². The van der Waals surface area contributed by atoms with Crippen LogP contribution in [0, 0.1) is 5.92 Å². The zero-order chi connectivity index (χ0) is 14.8. The molecule has 0 bridgehead atoms. The van der Waals surface area contributed by atoms with Gasteiger partial charge in [-0.05, 0) is 42.9 Å². The molecule has 1 fully saturated rings. The Labute approximate surface area is 141 Å². The van der Waals surface area contributed by atoms with E-state index in [-0.39, 0.29) is 23.7 Å². The highest BCUT2D eigenvalue weighted by molar-refractivity contribution is 9.10. The second-order valence-electron chi connectivity index (χ2n) is 6.24. The van der Waals surface area contributed by atoms with E-state index in [1.165, 1.54) is 5.56 Å². The number of carbonyl (C=O) groups excluding carboxylic acids is 1. The van der Waals surface area contributed by atoms with Crippen molar-refractivity contribution in [2.75, 3.05) is 6.54 Å². The summed E-state index contributed by atoms with van der Waals surface area (Å²) in [6.45, 7) is 4.85. The summed E-state index contributed by atoms with van der Waals surface area (Å²) in [5.74, 6) is 0.413. The lowest BCUT2D eigenvalue weighted by molar-refractivity contribution is -0.122. The summed E-state index contributed by atoms with van der Waals surface area (Å²) in [6, 6.07) is 7.96. The SMILES string of the molecule is CC(C)C[C@H](N)C(=O)NCC1(c2cccc(Br)c2)CC1.Cl. The van der Waals surface area contributed by atoms with Crippen molar-refractivity contribution in [1.29, 1.82) is 0 Å². The van der Waals surface area contributed by atoms with Crippen molar-refractivity contribution in [3.63, 3.8) is 0 Å². The number of halogens is 2. The van der Waals surface area contributed by atoms with Gasteiger partial charge in [-0.15, -0.1) is 12.4 Å². The van der Waals surface area contributed by atoms with Crippen LogP contribution in [-0.2, 0) is 10.2 Å². The topological polar surface area (TPSA) is 55.1 Å². The molecule has 1 amide bonds. The molecule has 0 spiro atoms. The molecule has 21 heavy (non-hydrogen) atoms. The molecule has 1 aliphatic carbocycles. The third kappa shape index (κ3) is 4.97. The molecule has 3 N–H and O–H groups in total. The van der Waals surface area contributed by atoms with E-state index in [9.17, 15) is 4.79 Å². The Balaban J connectivity index is 0.00000220. The standard InChI is InChI=1S/C16H23BrN2O.ClH/c1-11(2)8-14(18)15(20)19-10-16(6-7-16)12-4-3-5-13(17)9-12;/h3-5,9,11,14H,6-8,10,18H2,1-2H3,(H,19,20);1H/t14-;/m0./s1. The van der Waals surface area contributed by atoms with Gasteiger partial charge in [0.2, 0.25) is 5.91 Å². The summed E-state index contributed by atoms with van der Waals surface area (Å²) in [7, 11) is 0. The third-order valence-electron chi connectivity index (χ3n) is 3.95. The minimum Gasteiger partial charge on any atom is -0.354 e. The average molecular weight is 376 g/mol. The van der Waals surface area contributed by atoms with E-state index in [0.717, 1.165) is 23.7 Å². The first kappa shape index (κ1) is 18.5. The second-order valence-corrected chi connectivity index (χ2v) is 7.16. The quantitative estimate of drug-likeness (QED) is 0.800. The zero-order valence-electron chi connectivity index (χ0n) is 12.6. The van der Waals surface area contributed by atoms with Crippen LogP contribution < -0.4 is 11.1 Å². The maximum atomic E-state index is 12.0. The summed E-state index contributed by atoms with van der Waals surface area (Å²) >= 11 is 3.51. The van der Waals surface area contributed by atoms with E-state index in [4.69, 9.17) is 5.73 Å². The predicted molar refractivity (Wildman–Crippen MR) is 92.7 cm³/mol. The van der Waals surface area contributed by atoms with Crippen molar-refractivity contribution in [1.82, 2.24) is 5.32 Å². The molecule has 3 nitrogen and oxygen atoms in total. The molecule has 1 saturated carbocycles. The first-order valence-corrected chi connectivity index (χ1v) is 8.01. The molecule has 0 saturated heterocycles. The molecular weight excluding hydrogens is 352 g/mol. The predicted octanol–water partition coefficient (Wildman–Crippen LogP) is 3.39. The molecule has 0 unspecified atom stereocenters. The van der Waals surface area contributed by atoms with Gasteiger partial charge in [0.25, 0.3) is 0 Å². The van der Waals surface area contributed by atoms with Gasteiger partial charge < -0.3 is 11.1 Å². The maximum Gasteiger partial charge on any atom is 0.236 e. The van der Waals surface area contributed by atoms with E-state index in [2.05, 4.69) is 47.2 Å². The van der Waals surface area contributed by atoms with Crippen LogP contribution in [-0.4, -0.2) is 18.5 Å². The number of nitrogens with one attached hydrogen (secondary N) is 1. The molecule has 0 aromatic heterocycles. The number of amides is 1. The number of carbonyl (C=O) groups is 1. The molecule has 0 radical (unpaired) electrons. The first-order chi connectivity index (χ1) is 9.43. The monoisotopic (exact) mass is 374 g/mol. The number of rotatable bonds is 6. The summed E-state index contributed by atoms with van der Waals surface area (Å²) < 4.78 is 1.09. The fraction of sp³-hybridized carbons (Fsp3) is 0.562. The Hall–Kier alpha value is -0.580. The van der Waals surface area contributed by atoms with Gasteiger partial charge in [-0.25, -0.2) is 0 Å². The Morgan fingerprint density at radius 3 is 2.62 bits per heavy atom. The lowest BCUT2D eigenvalue weighted by atomic mass is 9.95. The molecule has 0 aliphatic heterocycles. The van der Waals surface area contributed by atoms with Gasteiger partial charge in [0.1, 0.15) is 0 Å². The number of benzene rings is 1. The van der Waals surface area contributed by atoms with Crippen LogP contribution in [0.3, 0.4) is 0 Å². The highest BCUT2D eigenvalue weighted by Crippen LogP contribution is 2.48. The van der Waals surface area contributed by atoms with E-state index in [0.29, 0.717) is 12.5 Å². The number of hydrogen-bond donors (Lipinski definition) is 2. The van der Waals surface area contributed by atoms with Gasteiger partial charge in [0.15, 0.2) is 0 Å². The lowest BCUT2D eigenvalue weighted by Gasteiger charge is -2.19. The molecule has 1 aliphatic rings. The van der Waals surface area contributed by atoms with Gasteiger partial charge >= 0.3 is 0 Å². The molecule has 1 aromatic carbocycles. The van der Waals surface area contributed by atoms with Gasteiger partial charge in [0.05, 0.1) is 6.04 Å². The number of hydrogen-bond acceptors (Lipinski definition) is 2. The summed E-state index contributed by atoms with van der Waals surface area (Å²) in [4.78, 5) is 12.0. The van der Waals surface area contributed by atoms with Crippen LogP contribution in [0.25, 0.3) is 0 Å². The first-order valence-electron chi connectivity index (χ1n) is 7.22. The highest BCUT2D eigenvalue weighted by Gasteiger charge is 2.44. The van der Waals surface area contributed by atoms with Crippen LogP contribution in [0.5, 0.6) is 0 Å². The summed E-state index contributed by atoms with van der Waals surface area (Å²) in [5.41, 5.74) is 7.33. The molecule has 5 heteroatoms. The molecule has 118 valence electrons. The van der Waals surface area contributed by atoms with Crippen LogP contribution in [0.15, 0.2) is 28.7 Å². The van der Waals surface area contributed by atoms with Crippen molar-refractivity contribution in [2.24, 2.45) is 11.7 Å². The van der Waals surface area contributed by atoms with E-state index in [1.54, 1.807) is 0 Å². The Morgan fingerprint density at radius 2 is 2.10 bits per heavy atom. The Morgan fingerprint density at radius 1 is 1.43 bits per heavy atom. The Bertz CT molecular complexity index is 489. The van der Waals surface area contributed by atoms with Crippen molar-refractivity contribution in [3.8, 4) is 0 Å². The number of nitrogens with two attached hydrogens (primary N) is 1. The minimum atomic E-state index is -0.395. The van der Waals surface area contributed by atoms with Crippen molar-refractivity contribution < 1.29 is 4.79 Å². The van der Waals surface area contributed by atoms with E-state index in [1.807, 2.05) is 12.1 Å². The Kier molecular flexibility index (Phi) is 6.70. The van der Waals surface area contributed by atoms with Crippen molar-refractivity contribution in [2.45, 2.75) is 44.6 Å². The largest absolute Gasteiger partial charge is 0.354 e. The van der Waals surface area contributed by atoms with Crippen LogP contribution in [0.2, 0.25) is 0 Å². The molecule has 1 aromatic rings. The minimum absolute atomic E-state index is 0. The normalized spacial score (nSPS) is 17.0. The zero-order valence-corrected chi connectivity index (χ0v) is 15.0. The second kappa shape index (κ2) is 7.61. The van der Waals surface area contributed by atoms with Crippen molar-refractivity contribution in [3.05, 3.63) is 34.3 Å².